The number of benzene rings is 2. The van der Waals surface area contributed by atoms with Crippen LogP contribution in [0.1, 0.15) is 35.6 Å². The summed E-state index contributed by atoms with van der Waals surface area (Å²) in [5.41, 5.74) is 4.27. The number of carbonyl (C=O) groups is 1. The zero-order valence-electron chi connectivity index (χ0n) is 18.2. The van der Waals surface area contributed by atoms with Gasteiger partial charge in [-0.25, -0.2) is 0 Å². The average molecular weight is 410 g/mol. The molecule has 2 atom stereocenters. The minimum Gasteiger partial charge on any atom is -0.372 e. The van der Waals surface area contributed by atoms with Crippen LogP contribution in [0.2, 0.25) is 0 Å². The first-order chi connectivity index (χ1) is 14.6. The molecule has 2 fully saturated rings. The smallest absolute Gasteiger partial charge is 0.287 e. The fourth-order valence-corrected chi connectivity index (χ4v) is 4.84. The summed E-state index contributed by atoms with van der Waals surface area (Å²) >= 11 is 0. The summed E-state index contributed by atoms with van der Waals surface area (Å²) in [5.74, 6) is 0.0903. The maximum absolute atomic E-state index is 13.5. The Bertz CT molecular complexity index is 841. The number of anilines is 1. The highest BCUT2D eigenvalue weighted by Gasteiger charge is 2.36. The van der Waals surface area contributed by atoms with E-state index in [1.54, 1.807) is 4.90 Å². The molecule has 2 heterocycles. The number of ether oxygens (including phenoxy) is 1. The maximum atomic E-state index is 13.5. The van der Waals surface area contributed by atoms with Crippen LogP contribution in [0.3, 0.4) is 0 Å². The third kappa shape index (κ3) is 5.09. The van der Waals surface area contributed by atoms with Crippen LogP contribution in [0.4, 0.5) is 5.69 Å². The van der Waals surface area contributed by atoms with E-state index in [9.17, 15) is 4.79 Å². The van der Waals surface area contributed by atoms with E-state index in [4.69, 9.17) is 4.74 Å². The predicted octanol–water partition coefficient (Wildman–Crippen LogP) is 0.946. The molecule has 160 valence electrons. The predicted molar refractivity (Wildman–Crippen MR) is 119 cm³/mol. The lowest BCUT2D eigenvalue weighted by molar-refractivity contribution is -1.02. The van der Waals surface area contributed by atoms with E-state index in [1.165, 1.54) is 17.7 Å². The molecular formula is C25H35N3O2+2. The number of carbonyl (C=O) groups excluding carboxylic acids is 1. The van der Waals surface area contributed by atoms with Crippen molar-refractivity contribution in [1.82, 2.24) is 0 Å². The third-order valence-electron chi connectivity index (χ3n) is 6.59. The zero-order chi connectivity index (χ0) is 20.9. The van der Waals surface area contributed by atoms with Crippen molar-refractivity contribution in [3.63, 3.8) is 0 Å². The molecule has 0 spiro atoms. The third-order valence-corrected chi connectivity index (χ3v) is 6.59. The summed E-state index contributed by atoms with van der Waals surface area (Å²) in [6.07, 6.45) is 2.83. The topological polar surface area (TPSA) is 47.2 Å². The molecule has 4 rings (SSSR count). The molecule has 2 aliphatic heterocycles. The zero-order valence-corrected chi connectivity index (χ0v) is 18.2. The van der Waals surface area contributed by atoms with Gasteiger partial charge in [-0.05, 0) is 43.9 Å². The van der Waals surface area contributed by atoms with Crippen LogP contribution in [0.25, 0.3) is 0 Å². The van der Waals surface area contributed by atoms with Gasteiger partial charge in [0.1, 0.15) is 38.8 Å². The molecule has 0 unspecified atom stereocenters. The van der Waals surface area contributed by atoms with E-state index < -0.39 is 0 Å². The fraction of sp³-hybridized carbons (Fsp3) is 0.480. The summed E-state index contributed by atoms with van der Waals surface area (Å²) in [4.78, 5) is 16.5. The van der Waals surface area contributed by atoms with Crippen molar-refractivity contribution in [2.75, 3.05) is 44.6 Å². The lowest BCUT2D eigenvalue weighted by Crippen LogP contribution is -3.28. The second-order valence-electron chi connectivity index (χ2n) is 8.90. The van der Waals surface area contributed by atoms with Gasteiger partial charge in [-0.2, -0.15) is 0 Å². The van der Waals surface area contributed by atoms with Crippen molar-refractivity contribution in [1.29, 1.82) is 0 Å². The number of rotatable bonds is 6. The Labute approximate surface area is 180 Å². The van der Waals surface area contributed by atoms with Crippen molar-refractivity contribution in [3.05, 3.63) is 65.2 Å². The largest absolute Gasteiger partial charge is 0.372 e. The van der Waals surface area contributed by atoms with Gasteiger partial charge in [-0.1, -0.05) is 42.5 Å². The molecule has 1 amide bonds. The number of amides is 1. The Morgan fingerprint density at radius 2 is 1.87 bits per heavy atom. The highest BCUT2D eigenvalue weighted by Crippen LogP contribution is 2.19. The van der Waals surface area contributed by atoms with Crippen LogP contribution in [0.15, 0.2) is 48.5 Å². The second kappa shape index (κ2) is 9.73. The van der Waals surface area contributed by atoms with Gasteiger partial charge in [0, 0.05) is 17.9 Å². The lowest BCUT2D eigenvalue weighted by Gasteiger charge is -2.34. The maximum Gasteiger partial charge on any atom is 0.287 e. The summed E-state index contributed by atoms with van der Waals surface area (Å²) < 4.78 is 5.83. The number of hydrogen-bond acceptors (Lipinski definition) is 2. The van der Waals surface area contributed by atoms with Crippen molar-refractivity contribution < 1.29 is 19.3 Å². The molecule has 5 nitrogen and oxygen atoms in total. The van der Waals surface area contributed by atoms with E-state index in [1.807, 2.05) is 25.1 Å². The normalized spacial score (nSPS) is 25.1. The molecule has 5 heteroatoms. The lowest BCUT2D eigenvalue weighted by atomic mass is 10.0. The molecule has 30 heavy (non-hydrogen) atoms. The van der Waals surface area contributed by atoms with Gasteiger partial charge < -0.3 is 19.9 Å². The molecule has 2 aromatic rings. The molecule has 3 N–H and O–H groups in total. The van der Waals surface area contributed by atoms with Gasteiger partial charge in [-0.3, -0.25) is 4.79 Å². The monoisotopic (exact) mass is 409 g/mol. The Balaban J connectivity index is 1.46. The second-order valence-corrected chi connectivity index (χ2v) is 8.90. The van der Waals surface area contributed by atoms with Crippen LogP contribution in [0.5, 0.6) is 0 Å². The van der Waals surface area contributed by atoms with E-state index in [0.717, 1.165) is 61.7 Å². The molecular weight excluding hydrogens is 374 g/mol. The summed E-state index contributed by atoms with van der Waals surface area (Å²) in [5, 5.41) is 3.23. The van der Waals surface area contributed by atoms with Crippen molar-refractivity contribution in [3.8, 4) is 0 Å². The molecule has 2 aromatic carbocycles. The first-order valence-corrected chi connectivity index (χ1v) is 11.3. The number of hydrogen-bond donors (Lipinski definition) is 3. The van der Waals surface area contributed by atoms with Gasteiger partial charge in [0.2, 0.25) is 0 Å². The van der Waals surface area contributed by atoms with Crippen LogP contribution < -0.4 is 15.1 Å². The Morgan fingerprint density at radius 1 is 1.10 bits per heavy atom. The minimum absolute atomic E-state index is 0.0903. The van der Waals surface area contributed by atoms with E-state index in [0.29, 0.717) is 6.10 Å². The molecule has 2 saturated heterocycles. The van der Waals surface area contributed by atoms with Crippen LogP contribution in [0, 0.1) is 13.8 Å². The van der Waals surface area contributed by atoms with Gasteiger partial charge in [0.05, 0.1) is 0 Å². The average Bonchev–Trinajstić information content (AvgIpc) is 3.26. The molecule has 0 aliphatic carbocycles. The van der Waals surface area contributed by atoms with E-state index in [2.05, 4.69) is 42.6 Å². The molecule has 0 radical (unpaired) electrons. The van der Waals surface area contributed by atoms with Crippen molar-refractivity contribution in [2.24, 2.45) is 0 Å². The number of piperazine rings is 1. The van der Waals surface area contributed by atoms with Crippen molar-refractivity contribution >= 4 is 11.6 Å². The minimum atomic E-state index is -0.185. The number of aryl methyl sites for hydroxylation is 2. The van der Waals surface area contributed by atoms with Gasteiger partial charge in [0.25, 0.3) is 5.91 Å². The van der Waals surface area contributed by atoms with Gasteiger partial charge in [0.15, 0.2) is 6.04 Å². The highest BCUT2D eigenvalue weighted by atomic mass is 16.5. The highest BCUT2D eigenvalue weighted by molar-refractivity contribution is 5.95. The van der Waals surface area contributed by atoms with Crippen LogP contribution >= 0.6 is 0 Å². The molecule has 0 saturated carbocycles. The first-order valence-electron chi connectivity index (χ1n) is 11.3. The Kier molecular flexibility index (Phi) is 6.82. The summed E-state index contributed by atoms with van der Waals surface area (Å²) in [6, 6.07) is 16.3. The number of quaternary nitrogens is 2. The quantitative estimate of drug-likeness (QED) is 0.665. The summed E-state index contributed by atoms with van der Waals surface area (Å²) in [6.45, 7) is 10.3. The molecule has 0 aromatic heterocycles. The van der Waals surface area contributed by atoms with E-state index in [-0.39, 0.29) is 11.9 Å². The van der Waals surface area contributed by atoms with Crippen molar-refractivity contribution in [2.45, 2.75) is 38.8 Å². The Hall–Kier alpha value is -2.21. The molecule has 0 bridgehead atoms. The SMILES string of the molecule is Cc1ccc(C)c(NC(=O)[C@H](c2ccccc2)[NH+]2CC[NH+](C[C@H]3CCCO3)CC2)c1. The van der Waals surface area contributed by atoms with Gasteiger partial charge >= 0.3 is 0 Å². The van der Waals surface area contributed by atoms with Crippen LogP contribution in [-0.4, -0.2) is 51.3 Å². The van der Waals surface area contributed by atoms with E-state index >= 15 is 0 Å². The fourth-order valence-electron chi connectivity index (χ4n) is 4.84. The van der Waals surface area contributed by atoms with Crippen LogP contribution in [-0.2, 0) is 9.53 Å². The Morgan fingerprint density at radius 3 is 2.57 bits per heavy atom. The van der Waals surface area contributed by atoms with Gasteiger partial charge in [-0.15, -0.1) is 0 Å². The number of nitrogens with one attached hydrogen (secondary N) is 3. The summed E-state index contributed by atoms with van der Waals surface area (Å²) in [7, 11) is 0. The first kappa shape index (κ1) is 21.0. The standard InChI is InChI=1S/C25H33N3O2/c1-19-10-11-20(2)23(17-19)26-25(29)24(21-7-4-3-5-8-21)28-14-12-27(13-15-28)18-22-9-6-16-30-22/h3-5,7-8,10-11,17,22,24H,6,9,12-16,18H2,1-2H3,(H,26,29)/p+2/t22-,24+/m1/s1. The molecule has 2 aliphatic rings.